The summed E-state index contributed by atoms with van der Waals surface area (Å²) < 4.78 is 11.0. The zero-order valence-electron chi connectivity index (χ0n) is 14.9. The highest BCUT2D eigenvalue weighted by Gasteiger charge is 2.38. The van der Waals surface area contributed by atoms with E-state index in [-0.39, 0.29) is 11.8 Å². The Morgan fingerprint density at radius 3 is 2.76 bits per heavy atom. The third kappa shape index (κ3) is 3.11. The zero-order valence-corrected chi connectivity index (χ0v) is 15.7. The first-order valence-corrected chi connectivity index (χ1v) is 9.08. The molecule has 1 atom stereocenters. The van der Waals surface area contributed by atoms with Gasteiger partial charge in [0.05, 0.1) is 20.3 Å². The number of nitrogens with zero attached hydrogens (tertiary/aromatic N) is 1. The molecule has 25 heavy (non-hydrogen) atoms. The standard InChI is InChI=1S/C19H24N2O3S/c1-4-11-21-13-8-6-9-14(22)16(13)17(20-19(21)25)12-7-5-10-15(23-2)18(12)24-3/h5,7,10,17H,4,6,8-9,11H2,1-3H3,(H,20,25). The van der Waals surface area contributed by atoms with Crippen LogP contribution in [0.25, 0.3) is 0 Å². The highest BCUT2D eigenvalue weighted by Crippen LogP contribution is 2.42. The molecular weight excluding hydrogens is 336 g/mol. The van der Waals surface area contributed by atoms with Crippen molar-refractivity contribution >= 4 is 23.1 Å². The van der Waals surface area contributed by atoms with Crippen LogP contribution in [-0.2, 0) is 4.79 Å². The summed E-state index contributed by atoms with van der Waals surface area (Å²) in [6.07, 6.45) is 3.31. The van der Waals surface area contributed by atoms with Crippen molar-refractivity contribution in [3.63, 3.8) is 0 Å². The number of carbonyl (C=O) groups excluding carboxylic acids is 1. The summed E-state index contributed by atoms with van der Waals surface area (Å²) in [6, 6.07) is 5.43. The molecule has 134 valence electrons. The first-order valence-electron chi connectivity index (χ1n) is 8.67. The van der Waals surface area contributed by atoms with Gasteiger partial charge in [0.1, 0.15) is 0 Å². The van der Waals surface area contributed by atoms with E-state index in [2.05, 4.69) is 17.1 Å². The van der Waals surface area contributed by atoms with E-state index in [4.69, 9.17) is 21.7 Å². The van der Waals surface area contributed by atoms with E-state index in [0.717, 1.165) is 42.6 Å². The number of hydrogen-bond donors (Lipinski definition) is 1. The SMILES string of the molecule is CCCN1C(=S)NC(c2cccc(OC)c2OC)C2=C1CCCC2=O. The van der Waals surface area contributed by atoms with Gasteiger partial charge in [-0.1, -0.05) is 19.1 Å². The summed E-state index contributed by atoms with van der Waals surface area (Å²) in [5, 5.41) is 4.04. The van der Waals surface area contributed by atoms with Crippen LogP contribution >= 0.6 is 12.2 Å². The van der Waals surface area contributed by atoms with Gasteiger partial charge in [-0.2, -0.15) is 0 Å². The maximum Gasteiger partial charge on any atom is 0.173 e. The Labute approximate surface area is 154 Å². The quantitative estimate of drug-likeness (QED) is 0.813. The Hall–Kier alpha value is -2.08. The summed E-state index contributed by atoms with van der Waals surface area (Å²) in [5.41, 5.74) is 2.76. The molecule has 5 nitrogen and oxygen atoms in total. The van der Waals surface area contributed by atoms with Crippen LogP contribution in [0, 0.1) is 0 Å². The largest absolute Gasteiger partial charge is 0.493 e. The van der Waals surface area contributed by atoms with Crippen molar-refractivity contribution in [1.29, 1.82) is 0 Å². The molecule has 0 spiro atoms. The molecule has 0 bridgehead atoms. The third-order valence-electron chi connectivity index (χ3n) is 4.75. The zero-order chi connectivity index (χ0) is 18.0. The molecule has 6 heteroatoms. The molecule has 1 aliphatic heterocycles. The molecule has 1 aliphatic carbocycles. The fourth-order valence-corrected chi connectivity index (χ4v) is 4.00. The van der Waals surface area contributed by atoms with E-state index in [9.17, 15) is 4.79 Å². The predicted octanol–water partition coefficient (Wildman–Crippen LogP) is 3.35. The number of Topliss-reactive ketones (excluding diaryl/α,β-unsaturated/α-hetero) is 1. The molecule has 0 amide bonds. The van der Waals surface area contributed by atoms with Gasteiger partial charge < -0.3 is 19.7 Å². The molecule has 1 aromatic rings. The lowest BCUT2D eigenvalue weighted by molar-refractivity contribution is -0.116. The number of methoxy groups -OCH3 is 2. The average Bonchev–Trinajstić information content (AvgIpc) is 2.63. The second-order valence-corrected chi connectivity index (χ2v) is 6.64. The van der Waals surface area contributed by atoms with Crippen LogP contribution in [0.15, 0.2) is 29.5 Å². The number of nitrogens with one attached hydrogen (secondary N) is 1. The van der Waals surface area contributed by atoms with Gasteiger partial charge in [0.2, 0.25) is 0 Å². The molecular formula is C19H24N2O3S. The van der Waals surface area contributed by atoms with Crippen LogP contribution in [0.4, 0.5) is 0 Å². The number of thiocarbonyl (C=S) groups is 1. The van der Waals surface area contributed by atoms with Gasteiger partial charge in [-0.15, -0.1) is 0 Å². The molecule has 0 fully saturated rings. The van der Waals surface area contributed by atoms with Gasteiger partial charge in [-0.3, -0.25) is 4.79 Å². The minimum Gasteiger partial charge on any atom is -0.493 e. The maximum atomic E-state index is 12.8. The van der Waals surface area contributed by atoms with E-state index in [0.29, 0.717) is 23.0 Å². The lowest BCUT2D eigenvalue weighted by Gasteiger charge is -2.41. The Bertz CT molecular complexity index is 729. The topological polar surface area (TPSA) is 50.8 Å². The number of rotatable bonds is 5. The summed E-state index contributed by atoms with van der Waals surface area (Å²) in [7, 11) is 3.23. The predicted molar refractivity (Wildman–Crippen MR) is 101 cm³/mol. The van der Waals surface area contributed by atoms with E-state index in [1.807, 2.05) is 18.2 Å². The minimum absolute atomic E-state index is 0.187. The van der Waals surface area contributed by atoms with Crippen molar-refractivity contribution in [1.82, 2.24) is 10.2 Å². The molecule has 3 rings (SSSR count). The molecule has 1 N–H and O–H groups in total. The Morgan fingerprint density at radius 1 is 1.28 bits per heavy atom. The molecule has 1 aromatic carbocycles. The average molecular weight is 360 g/mol. The highest BCUT2D eigenvalue weighted by atomic mass is 32.1. The van der Waals surface area contributed by atoms with Crippen LogP contribution in [-0.4, -0.2) is 36.6 Å². The van der Waals surface area contributed by atoms with E-state index < -0.39 is 0 Å². The summed E-state index contributed by atoms with van der Waals surface area (Å²) in [5.74, 6) is 1.47. The number of carbonyl (C=O) groups is 1. The molecule has 0 radical (unpaired) electrons. The van der Waals surface area contributed by atoms with Crippen molar-refractivity contribution in [2.24, 2.45) is 0 Å². The van der Waals surface area contributed by atoms with Gasteiger partial charge >= 0.3 is 0 Å². The number of benzene rings is 1. The monoisotopic (exact) mass is 360 g/mol. The second kappa shape index (κ2) is 7.44. The van der Waals surface area contributed by atoms with Crippen molar-refractivity contribution in [2.45, 2.75) is 38.6 Å². The summed E-state index contributed by atoms with van der Waals surface area (Å²) in [6.45, 7) is 2.94. The van der Waals surface area contributed by atoms with Crippen molar-refractivity contribution in [3.05, 3.63) is 35.0 Å². The Morgan fingerprint density at radius 2 is 2.08 bits per heavy atom. The van der Waals surface area contributed by atoms with Crippen molar-refractivity contribution in [3.8, 4) is 11.5 Å². The second-order valence-electron chi connectivity index (χ2n) is 6.25. The minimum atomic E-state index is -0.298. The van der Waals surface area contributed by atoms with Gasteiger partial charge in [-0.25, -0.2) is 0 Å². The Balaban J connectivity index is 2.15. The van der Waals surface area contributed by atoms with Gasteiger partial charge in [-0.05, 0) is 37.5 Å². The van der Waals surface area contributed by atoms with Crippen LogP contribution in [0.5, 0.6) is 11.5 Å². The fraction of sp³-hybridized carbons (Fsp3) is 0.474. The number of allylic oxidation sites excluding steroid dienone is 1. The van der Waals surface area contributed by atoms with Crippen LogP contribution < -0.4 is 14.8 Å². The molecule has 1 unspecified atom stereocenters. The highest BCUT2D eigenvalue weighted by molar-refractivity contribution is 7.80. The number of ether oxygens (including phenoxy) is 2. The number of hydrogen-bond acceptors (Lipinski definition) is 4. The first-order chi connectivity index (χ1) is 12.1. The third-order valence-corrected chi connectivity index (χ3v) is 5.09. The first kappa shape index (κ1) is 17.7. The van der Waals surface area contributed by atoms with Gasteiger partial charge in [0.25, 0.3) is 0 Å². The Kier molecular flexibility index (Phi) is 5.27. The lowest BCUT2D eigenvalue weighted by atomic mass is 9.84. The van der Waals surface area contributed by atoms with E-state index in [1.165, 1.54) is 0 Å². The fourth-order valence-electron chi connectivity index (χ4n) is 3.68. The van der Waals surface area contributed by atoms with Crippen LogP contribution in [0.1, 0.15) is 44.2 Å². The normalized spacial score (nSPS) is 20.3. The maximum absolute atomic E-state index is 12.8. The van der Waals surface area contributed by atoms with Crippen LogP contribution in [0.3, 0.4) is 0 Å². The molecule has 0 saturated carbocycles. The van der Waals surface area contributed by atoms with E-state index >= 15 is 0 Å². The van der Waals surface area contributed by atoms with Gasteiger partial charge in [0.15, 0.2) is 22.4 Å². The lowest BCUT2D eigenvalue weighted by Crippen LogP contribution is -2.49. The number of para-hydroxylation sites is 1. The van der Waals surface area contributed by atoms with Crippen LogP contribution in [0.2, 0.25) is 0 Å². The molecule has 1 heterocycles. The van der Waals surface area contributed by atoms with Gasteiger partial charge in [0, 0.05) is 29.8 Å². The smallest absolute Gasteiger partial charge is 0.173 e. The molecule has 2 aliphatic rings. The van der Waals surface area contributed by atoms with E-state index in [1.54, 1.807) is 14.2 Å². The number of ketones is 1. The molecule has 0 aromatic heterocycles. The molecule has 0 saturated heterocycles. The summed E-state index contributed by atoms with van der Waals surface area (Å²) in [4.78, 5) is 14.9. The van der Waals surface area contributed by atoms with Crippen molar-refractivity contribution < 1.29 is 14.3 Å². The van der Waals surface area contributed by atoms with Crippen molar-refractivity contribution in [2.75, 3.05) is 20.8 Å². The summed E-state index contributed by atoms with van der Waals surface area (Å²) >= 11 is 5.61.